The van der Waals surface area contributed by atoms with E-state index in [1.807, 2.05) is 45.0 Å². The van der Waals surface area contributed by atoms with Crippen molar-refractivity contribution in [2.24, 2.45) is 5.92 Å². The second-order valence-corrected chi connectivity index (χ2v) is 7.00. The van der Waals surface area contributed by atoms with Crippen LogP contribution in [0.3, 0.4) is 0 Å². The summed E-state index contributed by atoms with van der Waals surface area (Å²) in [6.45, 7) is 9.50. The molecule has 1 saturated carbocycles. The Labute approximate surface area is 133 Å². The molecular weight excluding hydrogens is 276 g/mol. The maximum absolute atomic E-state index is 12.3. The number of hydrogen-bond donors (Lipinski definition) is 1. The molecule has 4 nitrogen and oxygen atoms in total. The summed E-state index contributed by atoms with van der Waals surface area (Å²) in [4.78, 5) is 16.8. The van der Waals surface area contributed by atoms with Crippen molar-refractivity contribution in [3.8, 4) is 0 Å². The third-order valence-electron chi connectivity index (χ3n) is 4.11. The molecule has 120 valence electrons. The molecule has 0 saturated heterocycles. The predicted molar refractivity (Wildman–Crippen MR) is 87.4 cm³/mol. The van der Waals surface area contributed by atoms with Crippen molar-refractivity contribution in [2.75, 3.05) is 0 Å². The molecule has 0 atom stereocenters. The summed E-state index contributed by atoms with van der Waals surface area (Å²) in [5.41, 5.74) is -0.0417. The summed E-state index contributed by atoms with van der Waals surface area (Å²) in [5, 5.41) is 3.09. The van der Waals surface area contributed by atoms with Gasteiger partial charge in [0, 0.05) is 6.20 Å². The SMILES string of the molecule is C=CC1CCC(NC(=O)OC(C)(C)C)(c2ccccn2)CC1. The number of allylic oxidation sites excluding steroid dienone is 1. The lowest BCUT2D eigenvalue weighted by atomic mass is 9.74. The summed E-state index contributed by atoms with van der Waals surface area (Å²) in [7, 11) is 0. The number of rotatable bonds is 3. The molecule has 1 amide bonds. The molecule has 1 aromatic heterocycles. The number of carbonyl (C=O) groups excluding carboxylic acids is 1. The number of pyridine rings is 1. The number of alkyl carbamates (subject to hydrolysis) is 1. The van der Waals surface area contributed by atoms with Gasteiger partial charge in [0.05, 0.1) is 11.2 Å². The van der Waals surface area contributed by atoms with Gasteiger partial charge in [-0.05, 0) is 64.5 Å². The molecule has 0 aliphatic heterocycles. The minimum absolute atomic E-state index is 0.379. The Morgan fingerprint density at radius 2 is 2.09 bits per heavy atom. The number of nitrogens with one attached hydrogen (secondary N) is 1. The normalized spacial score (nSPS) is 25.3. The van der Waals surface area contributed by atoms with Crippen LogP contribution in [0.15, 0.2) is 37.1 Å². The first-order valence-corrected chi connectivity index (χ1v) is 7.90. The van der Waals surface area contributed by atoms with Gasteiger partial charge in [-0.2, -0.15) is 0 Å². The smallest absolute Gasteiger partial charge is 0.408 e. The lowest BCUT2D eigenvalue weighted by molar-refractivity contribution is 0.0406. The highest BCUT2D eigenvalue weighted by Crippen LogP contribution is 2.39. The Kier molecular flexibility index (Phi) is 4.89. The predicted octanol–water partition coefficient (Wildman–Crippen LogP) is 4.18. The van der Waals surface area contributed by atoms with Crippen molar-refractivity contribution >= 4 is 6.09 Å². The van der Waals surface area contributed by atoms with Crippen LogP contribution in [0.1, 0.15) is 52.1 Å². The van der Waals surface area contributed by atoms with Crippen LogP contribution in [-0.4, -0.2) is 16.7 Å². The second-order valence-electron chi connectivity index (χ2n) is 7.00. The van der Waals surface area contributed by atoms with E-state index < -0.39 is 11.1 Å². The fourth-order valence-electron chi connectivity index (χ4n) is 2.96. The van der Waals surface area contributed by atoms with Crippen molar-refractivity contribution in [1.29, 1.82) is 0 Å². The van der Waals surface area contributed by atoms with Crippen LogP contribution in [0.2, 0.25) is 0 Å². The number of nitrogens with zero attached hydrogens (tertiary/aromatic N) is 1. The molecule has 0 spiro atoms. The summed E-state index contributed by atoms with van der Waals surface area (Å²) in [6, 6.07) is 5.83. The fourth-order valence-corrected chi connectivity index (χ4v) is 2.96. The maximum atomic E-state index is 12.3. The van der Waals surface area contributed by atoms with Gasteiger partial charge in [0.25, 0.3) is 0 Å². The van der Waals surface area contributed by atoms with Crippen LogP contribution < -0.4 is 5.32 Å². The van der Waals surface area contributed by atoms with Gasteiger partial charge in [0.1, 0.15) is 5.60 Å². The molecular formula is C18H26N2O2. The maximum Gasteiger partial charge on any atom is 0.408 e. The highest BCUT2D eigenvalue weighted by atomic mass is 16.6. The van der Waals surface area contributed by atoms with E-state index in [0.717, 1.165) is 31.4 Å². The molecule has 22 heavy (non-hydrogen) atoms. The number of ether oxygens (including phenoxy) is 1. The topological polar surface area (TPSA) is 51.2 Å². The van der Waals surface area contributed by atoms with Crippen molar-refractivity contribution in [2.45, 2.75) is 57.6 Å². The van der Waals surface area contributed by atoms with E-state index in [4.69, 9.17) is 4.74 Å². The molecule has 1 aromatic rings. The number of carbonyl (C=O) groups is 1. The lowest BCUT2D eigenvalue weighted by Gasteiger charge is -2.40. The zero-order valence-electron chi connectivity index (χ0n) is 13.8. The van der Waals surface area contributed by atoms with Gasteiger partial charge in [-0.25, -0.2) is 4.79 Å². The van der Waals surface area contributed by atoms with Crippen LogP contribution in [0.5, 0.6) is 0 Å². The number of amides is 1. The van der Waals surface area contributed by atoms with Crippen molar-refractivity contribution in [3.05, 3.63) is 42.7 Å². The molecule has 1 aliphatic rings. The van der Waals surface area contributed by atoms with E-state index in [9.17, 15) is 4.79 Å². The first-order chi connectivity index (χ1) is 10.3. The molecule has 1 aliphatic carbocycles. The number of hydrogen-bond acceptors (Lipinski definition) is 3. The van der Waals surface area contributed by atoms with Gasteiger partial charge in [0.15, 0.2) is 0 Å². The second kappa shape index (κ2) is 6.51. The van der Waals surface area contributed by atoms with E-state index in [-0.39, 0.29) is 6.09 Å². The molecule has 1 fully saturated rings. The first kappa shape index (κ1) is 16.5. The lowest BCUT2D eigenvalue weighted by Crippen LogP contribution is -2.50. The summed E-state index contributed by atoms with van der Waals surface area (Å²) < 4.78 is 5.44. The minimum atomic E-state index is -0.506. The standard InChI is InChI=1S/C18H26N2O2/c1-5-14-9-11-18(12-10-14,15-8-6-7-13-19-15)20-16(21)22-17(2,3)4/h5-8,13-14H,1,9-12H2,2-4H3,(H,20,21). The van der Waals surface area contributed by atoms with E-state index >= 15 is 0 Å². The highest BCUT2D eigenvalue weighted by molar-refractivity contribution is 5.69. The monoisotopic (exact) mass is 302 g/mol. The first-order valence-electron chi connectivity index (χ1n) is 7.90. The van der Waals surface area contributed by atoms with Gasteiger partial charge < -0.3 is 10.1 Å². The third kappa shape index (κ3) is 4.09. The summed E-state index contributed by atoms with van der Waals surface area (Å²) in [5.74, 6) is 0.511. The summed E-state index contributed by atoms with van der Waals surface area (Å²) in [6.07, 6.45) is 7.09. The molecule has 1 N–H and O–H groups in total. The molecule has 0 aromatic carbocycles. The average Bonchev–Trinajstić information content (AvgIpc) is 2.47. The quantitative estimate of drug-likeness (QED) is 0.852. The Hall–Kier alpha value is -1.84. The van der Waals surface area contributed by atoms with Gasteiger partial charge in [-0.15, -0.1) is 6.58 Å². The summed E-state index contributed by atoms with van der Waals surface area (Å²) >= 11 is 0. The van der Waals surface area contributed by atoms with E-state index in [2.05, 4.69) is 16.9 Å². The zero-order valence-corrected chi connectivity index (χ0v) is 13.8. The third-order valence-corrected chi connectivity index (χ3v) is 4.11. The Morgan fingerprint density at radius 1 is 1.41 bits per heavy atom. The molecule has 2 rings (SSSR count). The van der Waals surface area contributed by atoms with E-state index in [0.29, 0.717) is 5.92 Å². The Morgan fingerprint density at radius 3 is 2.59 bits per heavy atom. The highest BCUT2D eigenvalue weighted by Gasteiger charge is 2.39. The molecule has 1 heterocycles. The van der Waals surface area contributed by atoms with Crippen LogP contribution in [0.4, 0.5) is 4.79 Å². The van der Waals surface area contributed by atoms with Crippen LogP contribution in [-0.2, 0) is 10.3 Å². The number of aromatic nitrogens is 1. The van der Waals surface area contributed by atoms with Crippen molar-refractivity contribution in [1.82, 2.24) is 10.3 Å². The fraction of sp³-hybridized carbons (Fsp3) is 0.556. The van der Waals surface area contributed by atoms with Gasteiger partial charge in [-0.1, -0.05) is 12.1 Å². The van der Waals surface area contributed by atoms with Crippen LogP contribution >= 0.6 is 0 Å². The van der Waals surface area contributed by atoms with Crippen molar-refractivity contribution < 1.29 is 9.53 Å². The molecule has 0 unspecified atom stereocenters. The average molecular weight is 302 g/mol. The molecule has 0 radical (unpaired) electrons. The minimum Gasteiger partial charge on any atom is -0.444 e. The zero-order chi connectivity index (χ0) is 16.2. The Balaban J connectivity index is 2.20. The van der Waals surface area contributed by atoms with Crippen LogP contribution in [0, 0.1) is 5.92 Å². The van der Waals surface area contributed by atoms with Gasteiger partial charge >= 0.3 is 6.09 Å². The molecule has 0 bridgehead atoms. The molecule has 4 heteroatoms. The van der Waals surface area contributed by atoms with Crippen LogP contribution in [0.25, 0.3) is 0 Å². The Bertz CT molecular complexity index is 512. The largest absolute Gasteiger partial charge is 0.444 e. The van der Waals surface area contributed by atoms with E-state index in [1.165, 1.54) is 0 Å². The van der Waals surface area contributed by atoms with Gasteiger partial charge in [-0.3, -0.25) is 4.98 Å². The van der Waals surface area contributed by atoms with Gasteiger partial charge in [0.2, 0.25) is 0 Å². The van der Waals surface area contributed by atoms with Crippen molar-refractivity contribution in [3.63, 3.8) is 0 Å². The van der Waals surface area contributed by atoms with E-state index in [1.54, 1.807) is 6.20 Å².